The summed E-state index contributed by atoms with van der Waals surface area (Å²) in [4.78, 5) is 37.1. The molecule has 1 fully saturated rings. The zero-order valence-electron chi connectivity index (χ0n) is 17.4. The van der Waals surface area contributed by atoms with Crippen LogP contribution in [0.2, 0.25) is 0 Å². The summed E-state index contributed by atoms with van der Waals surface area (Å²) in [6.45, 7) is 1.96. The maximum atomic E-state index is 15.2. The Morgan fingerprint density at radius 3 is 2.61 bits per heavy atom. The highest BCUT2D eigenvalue weighted by molar-refractivity contribution is 5.92. The summed E-state index contributed by atoms with van der Waals surface area (Å²) < 4.78 is 45.0. The third kappa shape index (κ3) is 4.33. The number of benzene rings is 1. The van der Waals surface area contributed by atoms with Crippen molar-refractivity contribution in [3.63, 3.8) is 0 Å². The van der Waals surface area contributed by atoms with Gasteiger partial charge in [-0.15, -0.1) is 0 Å². The van der Waals surface area contributed by atoms with Gasteiger partial charge in [0.25, 0.3) is 6.47 Å². The monoisotopic (exact) mass is 438 g/mol. The summed E-state index contributed by atoms with van der Waals surface area (Å²) in [6, 6.07) is 1.04. The van der Waals surface area contributed by atoms with Gasteiger partial charge in [-0.1, -0.05) is 0 Å². The highest BCUT2D eigenvalue weighted by Crippen LogP contribution is 2.40. The molecule has 1 saturated heterocycles. The molecule has 1 aliphatic rings. The van der Waals surface area contributed by atoms with Gasteiger partial charge in [0.1, 0.15) is 12.4 Å². The highest BCUT2D eigenvalue weighted by atomic mass is 19.1. The van der Waals surface area contributed by atoms with Gasteiger partial charge in [-0.25, -0.2) is 8.78 Å². The Balaban J connectivity index is 2.09. The van der Waals surface area contributed by atoms with E-state index in [1.165, 1.54) is 17.9 Å². The number of anilines is 1. The molecule has 2 aromatic rings. The van der Waals surface area contributed by atoms with E-state index in [9.17, 15) is 18.8 Å². The second-order valence-electron chi connectivity index (χ2n) is 7.07. The lowest BCUT2D eigenvalue weighted by atomic mass is 9.96. The van der Waals surface area contributed by atoms with Gasteiger partial charge in [-0.05, 0) is 25.8 Å². The van der Waals surface area contributed by atoms with Crippen LogP contribution < -0.4 is 19.8 Å². The summed E-state index contributed by atoms with van der Waals surface area (Å²) in [7, 11) is 1.34. The van der Waals surface area contributed by atoms with Crippen molar-refractivity contribution < 1.29 is 32.6 Å². The van der Waals surface area contributed by atoms with Crippen molar-refractivity contribution in [3.05, 3.63) is 28.3 Å². The van der Waals surface area contributed by atoms with E-state index >= 15 is 4.39 Å². The average Bonchev–Trinajstić information content (AvgIpc) is 2.76. The topological polar surface area (TPSA) is 87.1 Å². The third-order valence-corrected chi connectivity index (χ3v) is 5.35. The lowest BCUT2D eigenvalue weighted by molar-refractivity contribution is -0.148. The molecule has 0 atom stereocenters. The number of nitrogens with zero attached hydrogens (tertiary/aromatic N) is 2. The zero-order valence-corrected chi connectivity index (χ0v) is 17.4. The van der Waals surface area contributed by atoms with Gasteiger partial charge in [0.2, 0.25) is 5.43 Å². The van der Waals surface area contributed by atoms with Crippen molar-refractivity contribution in [2.24, 2.45) is 5.92 Å². The van der Waals surface area contributed by atoms with Crippen LogP contribution in [0.25, 0.3) is 10.9 Å². The molecule has 1 aliphatic heterocycles. The number of carbonyl (C=O) groups excluding carboxylic acids is 2. The molecule has 0 N–H and O–H groups in total. The Kier molecular flexibility index (Phi) is 7.09. The Bertz CT molecular complexity index is 1030. The van der Waals surface area contributed by atoms with E-state index in [0.717, 1.165) is 6.07 Å². The number of piperidine rings is 1. The quantitative estimate of drug-likeness (QED) is 0.462. The second kappa shape index (κ2) is 9.76. The summed E-state index contributed by atoms with van der Waals surface area (Å²) >= 11 is 0. The van der Waals surface area contributed by atoms with Crippen molar-refractivity contribution >= 4 is 29.0 Å². The van der Waals surface area contributed by atoms with Gasteiger partial charge in [0.15, 0.2) is 17.3 Å². The van der Waals surface area contributed by atoms with Gasteiger partial charge in [-0.2, -0.15) is 0 Å². The minimum atomic E-state index is -0.765. The number of fused-ring (bicyclic) bond motifs is 1. The first kappa shape index (κ1) is 22.5. The average molecular weight is 438 g/mol. The molecule has 168 valence electrons. The molecule has 0 saturated carbocycles. The molecule has 0 unspecified atom stereocenters. The number of methoxy groups -OCH3 is 1. The summed E-state index contributed by atoms with van der Waals surface area (Å²) in [5, 5.41) is -0.0905. The molecule has 1 aromatic carbocycles. The van der Waals surface area contributed by atoms with Crippen LogP contribution in [0.1, 0.15) is 19.8 Å². The molecular weight excluding hydrogens is 414 g/mol. The fraction of sp³-hybridized carbons (Fsp3) is 0.476. The van der Waals surface area contributed by atoms with E-state index in [-0.39, 0.29) is 53.0 Å². The van der Waals surface area contributed by atoms with Crippen LogP contribution in [0.15, 0.2) is 17.1 Å². The maximum Gasteiger partial charge on any atom is 0.309 e. The molecule has 0 amide bonds. The van der Waals surface area contributed by atoms with Gasteiger partial charge in [-0.3, -0.25) is 14.4 Å². The number of hydrogen-bond donors (Lipinski definition) is 0. The standard InChI is InChI=1S/C21H24F2N2O6/c1-3-30-21(28)13-4-7-24(8-5-13)18-15(23)10-14-17(20(18)29-2)25(9-6-22)11-16(19(14)27)31-12-26/h10-13H,3-9H2,1-2H3. The highest BCUT2D eigenvalue weighted by Gasteiger charge is 2.30. The Labute approximate surface area is 177 Å². The number of ether oxygens (including phenoxy) is 3. The molecule has 31 heavy (non-hydrogen) atoms. The van der Waals surface area contributed by atoms with E-state index in [0.29, 0.717) is 32.5 Å². The Morgan fingerprint density at radius 2 is 2.03 bits per heavy atom. The number of esters is 1. The molecule has 3 rings (SSSR count). The van der Waals surface area contributed by atoms with Crippen LogP contribution in [0.4, 0.5) is 14.5 Å². The Hall–Kier alpha value is -3.17. The van der Waals surface area contributed by atoms with Crippen LogP contribution in [0.3, 0.4) is 0 Å². The van der Waals surface area contributed by atoms with Crippen molar-refractivity contribution in [2.75, 3.05) is 38.4 Å². The molecule has 0 bridgehead atoms. The van der Waals surface area contributed by atoms with Crippen molar-refractivity contribution in [1.29, 1.82) is 0 Å². The van der Waals surface area contributed by atoms with Crippen molar-refractivity contribution in [1.82, 2.24) is 4.57 Å². The molecule has 10 heteroatoms. The van der Waals surface area contributed by atoms with E-state index in [1.807, 2.05) is 0 Å². The smallest absolute Gasteiger partial charge is 0.309 e. The van der Waals surface area contributed by atoms with Crippen molar-refractivity contribution in [3.8, 4) is 11.5 Å². The lowest BCUT2D eigenvalue weighted by Gasteiger charge is -2.34. The normalized spacial score (nSPS) is 14.5. The number of pyridine rings is 1. The number of alkyl halides is 1. The second-order valence-corrected chi connectivity index (χ2v) is 7.07. The first-order chi connectivity index (χ1) is 15.0. The van der Waals surface area contributed by atoms with Crippen LogP contribution >= 0.6 is 0 Å². The number of aromatic nitrogens is 1. The molecule has 8 nitrogen and oxygen atoms in total. The molecule has 0 radical (unpaired) electrons. The van der Waals surface area contributed by atoms with Crippen LogP contribution in [0, 0.1) is 11.7 Å². The lowest BCUT2D eigenvalue weighted by Crippen LogP contribution is -2.37. The molecule has 2 heterocycles. The number of carbonyl (C=O) groups is 2. The largest absolute Gasteiger partial charge is 0.492 e. The Morgan fingerprint density at radius 1 is 1.32 bits per heavy atom. The van der Waals surface area contributed by atoms with Gasteiger partial charge in [0.05, 0.1) is 43.3 Å². The van der Waals surface area contributed by atoms with E-state index in [4.69, 9.17) is 14.2 Å². The molecule has 1 aromatic heterocycles. The minimum Gasteiger partial charge on any atom is -0.492 e. The third-order valence-electron chi connectivity index (χ3n) is 5.35. The van der Waals surface area contributed by atoms with E-state index in [2.05, 4.69) is 0 Å². The molecule has 0 spiro atoms. The van der Waals surface area contributed by atoms with E-state index < -0.39 is 17.9 Å². The predicted molar refractivity (Wildman–Crippen MR) is 109 cm³/mol. The zero-order chi connectivity index (χ0) is 22.5. The predicted octanol–water partition coefficient (Wildman–Crippen LogP) is 2.43. The first-order valence-corrected chi connectivity index (χ1v) is 9.98. The number of rotatable bonds is 8. The van der Waals surface area contributed by atoms with Crippen LogP contribution in [-0.4, -0.2) is 50.5 Å². The first-order valence-electron chi connectivity index (χ1n) is 9.98. The van der Waals surface area contributed by atoms with Crippen LogP contribution in [-0.2, 0) is 20.9 Å². The number of hydrogen-bond acceptors (Lipinski definition) is 7. The number of halogens is 2. The fourth-order valence-corrected chi connectivity index (χ4v) is 3.95. The molecular formula is C21H24F2N2O6. The SMILES string of the molecule is CCOC(=O)C1CCN(c2c(F)cc3c(=O)c(OC=O)cn(CCF)c3c2OC)CC1. The van der Waals surface area contributed by atoms with Gasteiger partial charge in [0, 0.05) is 13.1 Å². The summed E-state index contributed by atoms with van der Waals surface area (Å²) in [5.74, 6) is -1.50. The maximum absolute atomic E-state index is 15.2. The fourth-order valence-electron chi connectivity index (χ4n) is 3.95. The minimum absolute atomic E-state index is 0.0767. The number of aryl methyl sites for hydroxylation is 1. The summed E-state index contributed by atoms with van der Waals surface area (Å²) in [6.07, 6.45) is 2.15. The van der Waals surface area contributed by atoms with Gasteiger partial charge < -0.3 is 23.7 Å². The van der Waals surface area contributed by atoms with Crippen LogP contribution in [0.5, 0.6) is 11.5 Å². The van der Waals surface area contributed by atoms with Gasteiger partial charge >= 0.3 is 5.97 Å². The summed E-state index contributed by atoms with van der Waals surface area (Å²) in [5.41, 5.74) is -0.373. The van der Waals surface area contributed by atoms with Crippen molar-refractivity contribution in [2.45, 2.75) is 26.3 Å². The van der Waals surface area contributed by atoms with E-state index in [1.54, 1.807) is 11.8 Å². The molecule has 0 aliphatic carbocycles.